The molecule has 1 fully saturated rings. The monoisotopic (exact) mass is 412 g/mol. The predicted octanol–water partition coefficient (Wildman–Crippen LogP) is 5.04. The first-order chi connectivity index (χ1) is 14.1. The molecule has 5 nitrogen and oxygen atoms in total. The number of esters is 1. The van der Waals surface area contributed by atoms with Crippen molar-refractivity contribution in [1.82, 2.24) is 4.98 Å². The second-order valence-electron chi connectivity index (χ2n) is 7.49. The Labute approximate surface area is 175 Å². The third-order valence-corrected chi connectivity index (χ3v) is 5.67. The van der Waals surface area contributed by atoms with Crippen molar-refractivity contribution in [2.24, 2.45) is 5.92 Å². The van der Waals surface area contributed by atoms with Gasteiger partial charge in [-0.3, -0.25) is 4.79 Å². The highest BCUT2D eigenvalue weighted by Gasteiger charge is 2.15. The molecule has 0 bridgehead atoms. The fourth-order valence-corrected chi connectivity index (χ4v) is 3.97. The lowest BCUT2D eigenvalue weighted by atomic mass is 10.0. The molecule has 4 rings (SSSR count). The predicted molar refractivity (Wildman–Crippen MR) is 116 cm³/mol. The molecule has 2 heterocycles. The number of ether oxygens (including phenoxy) is 2. The van der Waals surface area contributed by atoms with Crippen molar-refractivity contribution in [3.05, 3.63) is 53.1 Å². The smallest absolute Gasteiger partial charge is 0.309 e. The van der Waals surface area contributed by atoms with Crippen LogP contribution in [0.2, 0.25) is 5.02 Å². The Morgan fingerprint density at radius 1 is 1.21 bits per heavy atom. The van der Waals surface area contributed by atoms with Gasteiger partial charge in [0.05, 0.1) is 24.7 Å². The maximum Gasteiger partial charge on any atom is 0.309 e. The molecule has 29 heavy (non-hydrogen) atoms. The fourth-order valence-electron chi connectivity index (χ4n) is 3.75. The van der Waals surface area contributed by atoms with E-state index in [1.165, 1.54) is 7.11 Å². The SMILES string of the molecule is COC(=O)Cc1ccc(-c2cc3cc(Cl)cc(NCC4CCOCC4)c3[nH]2)cc1. The van der Waals surface area contributed by atoms with Crippen molar-refractivity contribution in [2.75, 3.05) is 32.2 Å². The van der Waals surface area contributed by atoms with E-state index in [1.807, 2.05) is 36.4 Å². The Bertz CT molecular complexity index is 991. The molecule has 1 saturated heterocycles. The number of aromatic nitrogens is 1. The normalized spacial score (nSPS) is 14.8. The van der Waals surface area contributed by atoms with E-state index in [9.17, 15) is 4.79 Å². The van der Waals surface area contributed by atoms with Crippen molar-refractivity contribution in [1.29, 1.82) is 0 Å². The Morgan fingerprint density at radius 3 is 2.69 bits per heavy atom. The van der Waals surface area contributed by atoms with Crippen LogP contribution in [0.5, 0.6) is 0 Å². The first-order valence-electron chi connectivity index (χ1n) is 9.92. The van der Waals surface area contributed by atoms with Crippen LogP contribution in [0.1, 0.15) is 18.4 Å². The number of carbonyl (C=O) groups excluding carboxylic acids is 1. The summed E-state index contributed by atoms with van der Waals surface area (Å²) in [5.74, 6) is 0.382. The molecule has 152 valence electrons. The van der Waals surface area contributed by atoms with Gasteiger partial charge in [0, 0.05) is 35.9 Å². The van der Waals surface area contributed by atoms with Gasteiger partial charge in [0.2, 0.25) is 0 Å². The van der Waals surface area contributed by atoms with E-state index in [1.54, 1.807) is 0 Å². The van der Waals surface area contributed by atoms with Crippen LogP contribution in [-0.2, 0) is 20.7 Å². The van der Waals surface area contributed by atoms with Gasteiger partial charge >= 0.3 is 5.97 Å². The Balaban J connectivity index is 1.56. The maximum absolute atomic E-state index is 11.4. The van der Waals surface area contributed by atoms with Crippen LogP contribution in [0.15, 0.2) is 42.5 Å². The van der Waals surface area contributed by atoms with Gasteiger partial charge in [0.15, 0.2) is 0 Å². The third kappa shape index (κ3) is 4.74. The van der Waals surface area contributed by atoms with Crippen molar-refractivity contribution >= 4 is 34.2 Å². The number of hydrogen-bond donors (Lipinski definition) is 2. The summed E-state index contributed by atoms with van der Waals surface area (Å²) in [5.41, 5.74) is 5.07. The lowest BCUT2D eigenvalue weighted by Crippen LogP contribution is -2.22. The van der Waals surface area contributed by atoms with Gasteiger partial charge in [-0.15, -0.1) is 0 Å². The number of carbonyl (C=O) groups is 1. The average molecular weight is 413 g/mol. The van der Waals surface area contributed by atoms with E-state index in [0.29, 0.717) is 10.9 Å². The van der Waals surface area contributed by atoms with Crippen LogP contribution in [0, 0.1) is 5.92 Å². The molecule has 0 spiro atoms. The number of H-pyrrole nitrogens is 1. The van der Waals surface area contributed by atoms with Crippen LogP contribution >= 0.6 is 11.6 Å². The molecule has 1 aliphatic heterocycles. The number of methoxy groups -OCH3 is 1. The van der Waals surface area contributed by atoms with E-state index >= 15 is 0 Å². The summed E-state index contributed by atoms with van der Waals surface area (Å²) >= 11 is 6.37. The molecule has 0 atom stereocenters. The molecule has 1 aliphatic rings. The number of fused-ring (bicyclic) bond motifs is 1. The Kier molecular flexibility index (Phi) is 6.07. The molecule has 2 aromatic carbocycles. The zero-order valence-corrected chi connectivity index (χ0v) is 17.2. The van der Waals surface area contributed by atoms with Crippen LogP contribution < -0.4 is 5.32 Å². The molecule has 6 heteroatoms. The number of anilines is 1. The molecule has 0 saturated carbocycles. The van der Waals surface area contributed by atoms with E-state index < -0.39 is 0 Å². The van der Waals surface area contributed by atoms with Crippen LogP contribution in [0.25, 0.3) is 22.2 Å². The van der Waals surface area contributed by atoms with Gasteiger partial charge in [-0.05, 0) is 48.1 Å². The van der Waals surface area contributed by atoms with Gasteiger partial charge in [0.25, 0.3) is 0 Å². The standard InChI is InChI=1S/C23H25ClN2O3/c1-28-22(27)10-15-2-4-17(5-3-15)20-12-18-11-19(24)13-21(23(18)26-20)25-14-16-6-8-29-9-7-16/h2-5,11-13,16,25-26H,6-10,14H2,1H3. The number of nitrogens with one attached hydrogen (secondary N) is 2. The zero-order chi connectivity index (χ0) is 20.2. The molecule has 1 aromatic heterocycles. The number of rotatable bonds is 6. The van der Waals surface area contributed by atoms with Crippen molar-refractivity contribution in [3.63, 3.8) is 0 Å². The average Bonchev–Trinajstić information content (AvgIpc) is 3.17. The topological polar surface area (TPSA) is 63.4 Å². The van der Waals surface area contributed by atoms with E-state index in [0.717, 1.165) is 66.0 Å². The van der Waals surface area contributed by atoms with Crippen LogP contribution in [0.3, 0.4) is 0 Å². The van der Waals surface area contributed by atoms with E-state index in [2.05, 4.69) is 16.4 Å². The lowest BCUT2D eigenvalue weighted by Gasteiger charge is -2.22. The molecule has 0 amide bonds. The summed E-state index contributed by atoms with van der Waals surface area (Å²) < 4.78 is 10.2. The lowest BCUT2D eigenvalue weighted by molar-refractivity contribution is -0.139. The summed E-state index contributed by atoms with van der Waals surface area (Å²) in [4.78, 5) is 15.0. The molecule has 3 aromatic rings. The Morgan fingerprint density at radius 2 is 1.97 bits per heavy atom. The quantitative estimate of drug-likeness (QED) is 0.556. The first-order valence-corrected chi connectivity index (χ1v) is 10.3. The molecule has 2 N–H and O–H groups in total. The minimum absolute atomic E-state index is 0.238. The summed E-state index contributed by atoms with van der Waals surface area (Å²) in [6.45, 7) is 2.60. The highest BCUT2D eigenvalue weighted by molar-refractivity contribution is 6.32. The van der Waals surface area contributed by atoms with Crippen molar-refractivity contribution < 1.29 is 14.3 Å². The van der Waals surface area contributed by atoms with Gasteiger partial charge in [-0.25, -0.2) is 0 Å². The van der Waals surface area contributed by atoms with E-state index in [-0.39, 0.29) is 12.4 Å². The fraction of sp³-hybridized carbons (Fsp3) is 0.348. The molecular weight excluding hydrogens is 388 g/mol. The number of halogens is 1. The van der Waals surface area contributed by atoms with Gasteiger partial charge in [0.1, 0.15) is 0 Å². The number of benzene rings is 2. The van der Waals surface area contributed by atoms with Crippen LogP contribution in [-0.4, -0.2) is 37.8 Å². The second-order valence-corrected chi connectivity index (χ2v) is 7.92. The molecule has 0 unspecified atom stereocenters. The minimum atomic E-state index is -0.238. The summed E-state index contributed by atoms with van der Waals surface area (Å²) in [7, 11) is 1.40. The minimum Gasteiger partial charge on any atom is -0.469 e. The summed E-state index contributed by atoms with van der Waals surface area (Å²) in [5, 5.41) is 5.36. The van der Waals surface area contributed by atoms with Gasteiger partial charge in [-0.2, -0.15) is 0 Å². The molecule has 0 aliphatic carbocycles. The largest absolute Gasteiger partial charge is 0.469 e. The van der Waals surface area contributed by atoms with Gasteiger partial charge < -0.3 is 19.8 Å². The summed E-state index contributed by atoms with van der Waals surface area (Å²) in [6, 6.07) is 14.0. The third-order valence-electron chi connectivity index (χ3n) is 5.46. The molecular formula is C23H25ClN2O3. The maximum atomic E-state index is 11.4. The molecule has 0 radical (unpaired) electrons. The van der Waals surface area contributed by atoms with Crippen LogP contribution in [0.4, 0.5) is 5.69 Å². The number of hydrogen-bond acceptors (Lipinski definition) is 4. The Hall–Kier alpha value is -2.50. The highest BCUT2D eigenvalue weighted by atomic mass is 35.5. The summed E-state index contributed by atoms with van der Waals surface area (Å²) in [6.07, 6.45) is 2.45. The van der Waals surface area contributed by atoms with Crippen molar-refractivity contribution in [3.8, 4) is 11.3 Å². The van der Waals surface area contributed by atoms with E-state index in [4.69, 9.17) is 21.1 Å². The highest BCUT2D eigenvalue weighted by Crippen LogP contribution is 2.32. The van der Waals surface area contributed by atoms with Crippen molar-refractivity contribution in [2.45, 2.75) is 19.3 Å². The second kappa shape index (κ2) is 8.89. The zero-order valence-electron chi connectivity index (χ0n) is 16.5. The first kappa shape index (κ1) is 19.8. The number of aromatic amines is 1. The van der Waals surface area contributed by atoms with Gasteiger partial charge in [-0.1, -0.05) is 35.9 Å².